The number of ether oxygens (including phenoxy) is 2. The lowest BCUT2D eigenvalue weighted by Crippen LogP contribution is -2.35. The summed E-state index contributed by atoms with van der Waals surface area (Å²) in [6, 6.07) is 0. The molecule has 0 aliphatic carbocycles. The highest BCUT2D eigenvalue weighted by Crippen LogP contribution is 2.45. The van der Waals surface area contributed by atoms with Gasteiger partial charge in [-0.05, 0) is 89.9 Å². The molecule has 0 heterocycles. The first kappa shape index (κ1) is 57.2. The number of carbonyl (C=O) groups is 2. The molecule has 4 N–H and O–H groups in total. The van der Waals surface area contributed by atoms with E-state index in [0.29, 0.717) is 12.8 Å². The van der Waals surface area contributed by atoms with Gasteiger partial charge in [0, 0.05) is 12.8 Å². The van der Waals surface area contributed by atoms with Crippen molar-refractivity contribution in [3.05, 3.63) is 36.5 Å². The maximum atomic E-state index is 12.7. The van der Waals surface area contributed by atoms with Gasteiger partial charge in [0.15, 0.2) is 6.10 Å². The van der Waals surface area contributed by atoms with E-state index in [1.807, 2.05) is 0 Å². The molecule has 0 rings (SSSR count). The summed E-state index contributed by atoms with van der Waals surface area (Å²) in [5, 5.41) is 28.2. The Kier molecular flexibility index (Phi) is 41.9. The lowest BCUT2D eigenvalue weighted by atomic mass is 10.1. The molecule has 0 amide bonds. The fourth-order valence-corrected chi connectivity index (χ4v) is 7.64. The van der Waals surface area contributed by atoms with Crippen LogP contribution in [0.5, 0.6) is 0 Å². The molecule has 0 aliphatic heterocycles. The van der Waals surface area contributed by atoms with Crippen LogP contribution >= 0.6 is 7.82 Å². The maximum Gasteiger partial charge on any atom is 0.472 e. The van der Waals surface area contributed by atoms with Crippen molar-refractivity contribution in [2.75, 3.05) is 26.4 Å². The summed E-state index contributed by atoms with van der Waals surface area (Å²) in [4.78, 5) is 35.5. The van der Waals surface area contributed by atoms with Crippen molar-refractivity contribution in [2.45, 2.75) is 238 Å². The van der Waals surface area contributed by atoms with Gasteiger partial charge in [0.2, 0.25) is 0 Å². The van der Waals surface area contributed by atoms with Gasteiger partial charge in [0.25, 0.3) is 0 Å². The number of allylic oxidation sites excluding steroid dienone is 6. The van der Waals surface area contributed by atoms with Crippen LogP contribution in [-0.4, -0.2) is 76.9 Å². The number of phosphoric acid groups is 1. The zero-order valence-electron chi connectivity index (χ0n) is 39.6. The fourth-order valence-electron chi connectivity index (χ4n) is 6.69. The van der Waals surface area contributed by atoms with Crippen molar-refractivity contribution in [1.29, 1.82) is 0 Å². The Bertz CT molecular complexity index is 1170. The van der Waals surface area contributed by atoms with Gasteiger partial charge in [-0.2, -0.15) is 0 Å². The van der Waals surface area contributed by atoms with Crippen molar-refractivity contribution in [3.63, 3.8) is 0 Å². The molecule has 0 bridgehead atoms. The van der Waals surface area contributed by atoms with E-state index in [2.05, 4.69) is 50.3 Å². The molecule has 0 saturated heterocycles. The predicted octanol–water partition coefficient (Wildman–Crippen LogP) is 12.5. The summed E-state index contributed by atoms with van der Waals surface area (Å²) in [5.41, 5.74) is 0. The molecular formula is C49H91O11P. The third-order valence-electron chi connectivity index (χ3n) is 10.5. The summed E-state index contributed by atoms with van der Waals surface area (Å²) >= 11 is 0. The Hall–Kier alpha value is -1.85. The van der Waals surface area contributed by atoms with Crippen molar-refractivity contribution in [3.8, 4) is 0 Å². The second-order valence-corrected chi connectivity index (χ2v) is 17.8. The highest BCUT2D eigenvalue weighted by atomic mass is 31.2. The lowest BCUT2D eigenvalue weighted by Gasteiger charge is -2.24. The number of carbonyl (C=O) groups excluding carboxylic acids is 2. The fraction of sp³-hybridized carbons (Fsp3) is 0.837. The summed E-state index contributed by atoms with van der Waals surface area (Å²) in [6.07, 6.45) is 43.1. The monoisotopic (exact) mass is 888 g/mol. The van der Waals surface area contributed by atoms with Gasteiger partial charge >= 0.3 is 19.8 Å². The molecule has 2 unspecified atom stereocenters. The molecule has 358 valence electrons. The average Bonchev–Trinajstić information content (AvgIpc) is 3.25. The molecular weight excluding hydrogens is 796 g/mol. The van der Waals surface area contributed by atoms with Crippen molar-refractivity contribution in [2.24, 2.45) is 0 Å². The summed E-state index contributed by atoms with van der Waals surface area (Å²) in [7, 11) is -4.97. The van der Waals surface area contributed by atoms with E-state index < -0.39 is 64.5 Å². The molecule has 61 heavy (non-hydrogen) atoms. The van der Waals surface area contributed by atoms with Crippen LogP contribution in [0, 0.1) is 0 Å². The predicted molar refractivity (Wildman–Crippen MR) is 248 cm³/mol. The zero-order chi connectivity index (χ0) is 45.8. The first-order valence-electron chi connectivity index (χ1n) is 25.0. The van der Waals surface area contributed by atoms with E-state index in [9.17, 15) is 29.3 Å². The van der Waals surface area contributed by atoms with Crippen LogP contribution in [0.2, 0.25) is 0 Å². The van der Waals surface area contributed by atoms with E-state index in [4.69, 9.17) is 25.0 Å². The highest BCUT2D eigenvalue weighted by molar-refractivity contribution is 7.47. The first-order chi connectivity index (χ1) is 30.1. The summed E-state index contributed by atoms with van der Waals surface area (Å²) in [6.45, 7) is 0.148. The van der Waals surface area contributed by atoms with Gasteiger partial charge in [0.05, 0.1) is 21.2 Å². The summed E-state index contributed by atoms with van der Waals surface area (Å²) < 4.78 is 41.3. The molecule has 0 saturated carbocycles. The third-order valence-corrected chi connectivity index (χ3v) is 11.6. The first-order valence-corrected chi connectivity index (χ1v) is 25.9. The van der Waals surface area contributed by atoms with E-state index in [-0.39, 0.29) is 12.8 Å². The van der Waals surface area contributed by atoms with E-state index in [0.717, 1.165) is 38.5 Å². The van der Waals surface area contributed by atoms with Gasteiger partial charge in [0.1, 0.15) is 18.8 Å². The minimum Gasteiger partial charge on any atom is -0.462 e. The highest BCUT2D eigenvalue weighted by Gasteiger charge is 2.32. The molecule has 12 heteroatoms. The van der Waals surface area contributed by atoms with Gasteiger partial charge in [-0.3, -0.25) is 18.6 Å². The molecule has 0 aromatic heterocycles. The van der Waals surface area contributed by atoms with Crippen molar-refractivity contribution >= 4 is 19.8 Å². The Labute approximate surface area is 373 Å². The number of hydrogen-bond donors (Lipinski definition) is 4. The smallest absolute Gasteiger partial charge is 0.462 e. The van der Waals surface area contributed by atoms with Crippen LogP contribution in [0.1, 0.15) is 221 Å². The van der Waals surface area contributed by atoms with Crippen LogP contribution < -0.4 is 0 Å². The number of aliphatic hydroxyl groups excluding tert-OH is 3. The average molecular weight is 888 g/mol. The minimum absolute atomic E-state index is 0.0245. The molecule has 0 spiro atoms. The molecule has 0 aliphatic rings. The van der Waals surface area contributed by atoms with E-state index in [1.54, 1.807) is 0 Å². The van der Waals surface area contributed by atoms with Crippen LogP contribution in [0.15, 0.2) is 36.5 Å². The number of esters is 2. The molecule has 0 aromatic rings. The number of phosphoric ester groups is 1. The number of rotatable bonds is 46. The topological polar surface area (TPSA) is 169 Å². The van der Waals surface area contributed by atoms with Gasteiger partial charge in [-0.1, -0.05) is 153 Å². The maximum absolute atomic E-state index is 12.7. The van der Waals surface area contributed by atoms with Crippen LogP contribution in [0.25, 0.3) is 0 Å². The Morgan fingerprint density at radius 2 is 0.918 bits per heavy atom. The molecule has 0 fully saturated rings. The van der Waals surface area contributed by atoms with E-state index in [1.165, 1.54) is 141 Å². The lowest BCUT2D eigenvalue weighted by molar-refractivity contribution is -0.161. The van der Waals surface area contributed by atoms with Crippen LogP contribution in [0.4, 0.5) is 0 Å². The molecule has 11 nitrogen and oxygen atoms in total. The van der Waals surface area contributed by atoms with Gasteiger partial charge < -0.3 is 29.7 Å². The Morgan fingerprint density at radius 3 is 1.30 bits per heavy atom. The second-order valence-electron chi connectivity index (χ2n) is 16.4. The standard InChI is InChI=1S/C49H91O11P/c1-3-5-7-9-11-13-15-17-18-19-20-21-22-23-24-25-26-28-29-31-33-35-37-39-48(53)57-43-45(44-58-61(55,56)60-47(42-51)46(52)41-50)59-49(54)40-38-36-34-32-30-27-16-14-12-10-8-6-4-2/h15,17,29-32,45-47,50-52H,3-14,16,18-28,33-44H2,1-2H3,(H,55,56)/b17-15-,31-29-,32-30-/t45-,46-,47-/m1/s1/i43D/t43?,45-,46-,47-. The largest absolute Gasteiger partial charge is 0.472 e. The van der Waals surface area contributed by atoms with E-state index >= 15 is 0 Å². The second kappa shape index (κ2) is 44.7. The summed E-state index contributed by atoms with van der Waals surface area (Å²) in [5.74, 6) is -1.36. The zero-order valence-corrected chi connectivity index (χ0v) is 39.5. The number of hydrogen-bond acceptors (Lipinski definition) is 10. The third kappa shape index (κ3) is 41.9. The Balaban J connectivity index is 4.47. The molecule has 0 aromatic carbocycles. The van der Waals surface area contributed by atoms with Crippen LogP contribution in [-0.2, 0) is 32.7 Å². The Morgan fingerprint density at radius 1 is 0.557 bits per heavy atom. The molecule has 0 radical (unpaired) electrons. The molecule has 5 atom stereocenters. The normalized spacial score (nSPS) is 15.3. The van der Waals surface area contributed by atoms with Crippen LogP contribution in [0.3, 0.4) is 0 Å². The number of aliphatic hydroxyl groups is 3. The van der Waals surface area contributed by atoms with Crippen molar-refractivity contribution in [1.82, 2.24) is 0 Å². The minimum atomic E-state index is -4.97. The van der Waals surface area contributed by atoms with Gasteiger partial charge in [-0.25, -0.2) is 4.57 Å². The quantitative estimate of drug-likeness (QED) is 0.0199. The van der Waals surface area contributed by atoms with Crippen molar-refractivity contribution < 1.29 is 54.3 Å². The van der Waals surface area contributed by atoms with Gasteiger partial charge in [-0.15, -0.1) is 0 Å². The SMILES string of the molecule is [2H]C(OC(=O)CCCC/C=C\CCCCCCCCCC/C=C\CCCCCCC)[C@H](COP(=O)(O)O[C@H](CO)[C@H](O)CO)OC(=O)CCCC/C=C\CCCCCCCCC. The number of unbranched alkanes of at least 4 members (excludes halogenated alkanes) is 25.